The topological polar surface area (TPSA) is 99.7 Å². The van der Waals surface area contributed by atoms with E-state index in [1.807, 2.05) is 0 Å². The van der Waals surface area contributed by atoms with Crippen molar-refractivity contribution < 1.29 is 26.4 Å². The van der Waals surface area contributed by atoms with Gasteiger partial charge in [0.05, 0.1) is 17.1 Å². The lowest BCUT2D eigenvalue weighted by atomic mass is 10.1. The first-order valence-corrected chi connectivity index (χ1v) is 10.1. The highest BCUT2D eigenvalue weighted by Crippen LogP contribution is 2.29. The highest BCUT2D eigenvalue weighted by atomic mass is 127. The van der Waals surface area contributed by atoms with Gasteiger partial charge in [0.25, 0.3) is 5.91 Å². The molecule has 1 aromatic rings. The number of guanidine groups is 1. The van der Waals surface area contributed by atoms with E-state index < -0.39 is 27.5 Å². The van der Waals surface area contributed by atoms with Gasteiger partial charge >= 0.3 is 6.18 Å². The number of benzene rings is 1. The molecule has 1 heterocycles. The highest BCUT2D eigenvalue weighted by Gasteiger charge is 2.30. The van der Waals surface area contributed by atoms with Gasteiger partial charge in [-0.25, -0.2) is 8.42 Å². The Balaban J connectivity index is 0.00000392. The Hall–Kier alpha value is -1.57. The van der Waals surface area contributed by atoms with Crippen molar-refractivity contribution in [2.45, 2.75) is 18.6 Å². The molecule has 1 aromatic carbocycles. The first kappa shape index (κ1) is 24.5. The molecule has 1 saturated heterocycles. The van der Waals surface area contributed by atoms with Gasteiger partial charge in [0.1, 0.15) is 0 Å². The Morgan fingerprint density at radius 3 is 2.29 bits per heavy atom. The quantitative estimate of drug-likeness (QED) is 0.230. The number of aliphatic imine (C=N–C) groups is 1. The molecule has 0 aromatic heterocycles. The van der Waals surface area contributed by atoms with Crippen molar-refractivity contribution in [3.8, 4) is 0 Å². The predicted octanol–water partition coefficient (Wildman–Crippen LogP) is 1.41. The van der Waals surface area contributed by atoms with Crippen molar-refractivity contribution >= 4 is 45.7 Å². The fourth-order valence-corrected chi connectivity index (χ4v) is 4.24. The van der Waals surface area contributed by atoms with Crippen molar-refractivity contribution in [2.75, 3.05) is 31.6 Å². The Bertz CT molecular complexity index is 798. The SMILES string of the molecule is CN=C(NCCNC(=O)c1ccc(C(F)(F)F)cc1)NC1CCS(=O)(=O)C1.I. The predicted molar refractivity (Wildman–Crippen MR) is 111 cm³/mol. The molecule has 12 heteroatoms. The summed E-state index contributed by atoms with van der Waals surface area (Å²) in [6, 6.07) is 3.74. The van der Waals surface area contributed by atoms with Crippen molar-refractivity contribution in [1.29, 1.82) is 0 Å². The summed E-state index contributed by atoms with van der Waals surface area (Å²) in [7, 11) is -1.46. The van der Waals surface area contributed by atoms with Crippen LogP contribution in [-0.2, 0) is 16.0 Å². The second-order valence-electron chi connectivity index (χ2n) is 6.07. The molecule has 7 nitrogen and oxygen atoms in total. The smallest absolute Gasteiger partial charge is 0.355 e. The molecular formula is C16H22F3IN4O3S. The number of amides is 1. The average Bonchev–Trinajstić information content (AvgIpc) is 2.95. The third-order valence-corrected chi connectivity index (χ3v) is 5.74. The van der Waals surface area contributed by atoms with Crippen molar-refractivity contribution in [3.05, 3.63) is 35.4 Å². The van der Waals surface area contributed by atoms with Gasteiger partial charge in [-0.05, 0) is 30.7 Å². The Morgan fingerprint density at radius 1 is 1.18 bits per heavy atom. The third-order valence-electron chi connectivity index (χ3n) is 3.97. The summed E-state index contributed by atoms with van der Waals surface area (Å²) in [6.07, 6.45) is -3.94. The summed E-state index contributed by atoms with van der Waals surface area (Å²) in [5.41, 5.74) is -0.689. The number of carbonyl (C=O) groups excluding carboxylic acids is 1. The van der Waals surface area contributed by atoms with Gasteiger partial charge in [0, 0.05) is 31.7 Å². The van der Waals surface area contributed by atoms with Crippen LogP contribution in [0.5, 0.6) is 0 Å². The number of rotatable bonds is 5. The number of hydrogen-bond acceptors (Lipinski definition) is 4. The Labute approximate surface area is 178 Å². The molecule has 1 fully saturated rings. The van der Waals surface area contributed by atoms with E-state index in [-0.39, 0.29) is 53.6 Å². The molecule has 158 valence electrons. The molecule has 28 heavy (non-hydrogen) atoms. The maximum Gasteiger partial charge on any atom is 0.416 e. The summed E-state index contributed by atoms with van der Waals surface area (Å²) in [4.78, 5) is 15.9. The van der Waals surface area contributed by atoms with Crippen LogP contribution in [0.15, 0.2) is 29.3 Å². The van der Waals surface area contributed by atoms with E-state index in [1.165, 1.54) is 0 Å². The van der Waals surface area contributed by atoms with E-state index in [2.05, 4.69) is 20.9 Å². The minimum Gasteiger partial charge on any atom is -0.355 e. The number of carbonyl (C=O) groups is 1. The van der Waals surface area contributed by atoms with Crippen LogP contribution in [0.3, 0.4) is 0 Å². The lowest BCUT2D eigenvalue weighted by Crippen LogP contribution is -2.46. The van der Waals surface area contributed by atoms with Crippen LogP contribution >= 0.6 is 24.0 Å². The summed E-state index contributed by atoms with van der Waals surface area (Å²) in [5, 5.41) is 8.52. The standard InChI is InChI=1S/C16H21F3N4O3S.HI/c1-20-15(23-13-6-9-27(25,26)10-13)22-8-7-21-14(24)11-2-4-12(5-3-11)16(17,18)19;/h2-5,13H,6-10H2,1H3,(H,21,24)(H2,20,22,23);1H. The summed E-state index contributed by atoms with van der Waals surface area (Å²) < 4.78 is 60.4. The molecule has 2 rings (SSSR count). The second-order valence-corrected chi connectivity index (χ2v) is 8.30. The van der Waals surface area contributed by atoms with Gasteiger partial charge < -0.3 is 16.0 Å². The van der Waals surface area contributed by atoms with Crippen LogP contribution < -0.4 is 16.0 Å². The fraction of sp³-hybridized carbons (Fsp3) is 0.500. The van der Waals surface area contributed by atoms with E-state index in [9.17, 15) is 26.4 Å². The van der Waals surface area contributed by atoms with Crippen molar-refractivity contribution in [1.82, 2.24) is 16.0 Å². The van der Waals surface area contributed by atoms with Gasteiger partial charge in [-0.1, -0.05) is 0 Å². The molecule has 1 atom stereocenters. The monoisotopic (exact) mass is 534 g/mol. The van der Waals surface area contributed by atoms with Crippen LogP contribution in [0.2, 0.25) is 0 Å². The van der Waals surface area contributed by atoms with E-state index >= 15 is 0 Å². The van der Waals surface area contributed by atoms with Gasteiger partial charge in [-0.3, -0.25) is 9.79 Å². The second kappa shape index (κ2) is 10.3. The molecule has 0 bridgehead atoms. The van der Waals surface area contributed by atoms with Gasteiger partial charge in [0.2, 0.25) is 0 Å². The third kappa shape index (κ3) is 7.45. The molecule has 1 amide bonds. The molecule has 0 radical (unpaired) electrons. The molecule has 1 aliphatic rings. The van der Waals surface area contributed by atoms with Crippen LogP contribution in [0, 0.1) is 0 Å². The van der Waals surface area contributed by atoms with Crippen molar-refractivity contribution in [2.24, 2.45) is 4.99 Å². The van der Waals surface area contributed by atoms with E-state index in [0.29, 0.717) is 18.9 Å². The molecule has 1 aliphatic heterocycles. The number of alkyl halides is 3. The summed E-state index contributed by atoms with van der Waals surface area (Å²) in [6.45, 7) is 0.523. The minimum absolute atomic E-state index is 0. The molecule has 3 N–H and O–H groups in total. The maximum atomic E-state index is 12.5. The maximum absolute atomic E-state index is 12.5. The van der Waals surface area contributed by atoms with Crippen LogP contribution in [-0.4, -0.2) is 58.0 Å². The number of nitrogens with zero attached hydrogens (tertiary/aromatic N) is 1. The van der Waals surface area contributed by atoms with Crippen LogP contribution in [0.1, 0.15) is 22.3 Å². The Morgan fingerprint density at radius 2 is 1.79 bits per heavy atom. The fourth-order valence-electron chi connectivity index (χ4n) is 2.57. The highest BCUT2D eigenvalue weighted by molar-refractivity contribution is 14.0. The van der Waals surface area contributed by atoms with Crippen molar-refractivity contribution in [3.63, 3.8) is 0 Å². The van der Waals surface area contributed by atoms with Crippen LogP contribution in [0.25, 0.3) is 0 Å². The zero-order valence-electron chi connectivity index (χ0n) is 15.0. The van der Waals surface area contributed by atoms with Crippen LogP contribution in [0.4, 0.5) is 13.2 Å². The van der Waals surface area contributed by atoms with E-state index in [4.69, 9.17) is 0 Å². The zero-order valence-corrected chi connectivity index (χ0v) is 18.2. The zero-order chi connectivity index (χ0) is 20.1. The normalized spacial score (nSPS) is 18.9. The summed E-state index contributed by atoms with van der Waals surface area (Å²) in [5.74, 6) is 0.125. The molecule has 1 unspecified atom stereocenters. The van der Waals surface area contributed by atoms with Gasteiger partial charge in [0.15, 0.2) is 15.8 Å². The molecule has 0 aliphatic carbocycles. The summed E-state index contributed by atoms with van der Waals surface area (Å²) >= 11 is 0. The lowest BCUT2D eigenvalue weighted by Gasteiger charge is -2.16. The molecular weight excluding hydrogens is 512 g/mol. The largest absolute Gasteiger partial charge is 0.416 e. The van der Waals surface area contributed by atoms with Gasteiger partial charge in [-0.15, -0.1) is 24.0 Å². The number of sulfone groups is 1. The van der Waals surface area contributed by atoms with E-state index in [0.717, 1.165) is 24.3 Å². The first-order chi connectivity index (χ1) is 12.6. The average molecular weight is 534 g/mol. The number of hydrogen-bond donors (Lipinski definition) is 3. The number of nitrogens with one attached hydrogen (secondary N) is 3. The molecule has 0 saturated carbocycles. The minimum atomic E-state index is -4.44. The Kier molecular flexibility index (Phi) is 8.98. The van der Waals surface area contributed by atoms with Gasteiger partial charge in [-0.2, -0.15) is 13.2 Å². The molecule has 0 spiro atoms. The van der Waals surface area contributed by atoms with E-state index in [1.54, 1.807) is 7.05 Å². The lowest BCUT2D eigenvalue weighted by molar-refractivity contribution is -0.137. The number of halogens is 4. The first-order valence-electron chi connectivity index (χ1n) is 8.24.